The molecule has 0 unspecified atom stereocenters. The van der Waals surface area contributed by atoms with E-state index in [1.807, 2.05) is 12.1 Å². The number of phenolic OH excluding ortho intramolecular Hbond substituents is 1. The van der Waals surface area contributed by atoms with Crippen LogP contribution in [0.2, 0.25) is 0 Å². The molecule has 1 rings (SSSR count). The van der Waals surface area contributed by atoms with E-state index in [0.717, 1.165) is 14.5 Å². The summed E-state index contributed by atoms with van der Waals surface area (Å²) < 4.78 is 0.891. The molecule has 0 atom stereocenters. The fourth-order valence-electron chi connectivity index (χ4n) is 0.641. The lowest BCUT2D eigenvalue weighted by molar-refractivity contribution is 0.471. The van der Waals surface area contributed by atoms with E-state index in [-0.39, 0.29) is 0 Å². The number of aromatic hydroxyl groups is 1. The molecule has 0 spiro atoms. The third-order valence-electron chi connectivity index (χ3n) is 1.16. The summed E-state index contributed by atoms with van der Waals surface area (Å²) in [4.78, 5) is 0. The minimum Gasteiger partial charge on any atom is -0.507 e. The lowest BCUT2D eigenvalue weighted by Gasteiger charge is -1.98. The van der Waals surface area contributed by atoms with E-state index in [2.05, 4.69) is 38.5 Å². The second kappa shape index (κ2) is 3.57. The zero-order valence-corrected chi connectivity index (χ0v) is 8.89. The molecular weight excluding hydrogens is 307 g/mol. The van der Waals surface area contributed by atoms with Crippen LogP contribution < -0.4 is 0 Å². The van der Waals surface area contributed by atoms with E-state index >= 15 is 0 Å². The Bertz CT molecular complexity index is 237. The Morgan fingerprint density at radius 1 is 1.50 bits per heavy atom. The first-order chi connectivity index (χ1) is 4.74. The molecule has 1 aromatic carbocycles. The van der Waals surface area contributed by atoms with Gasteiger partial charge in [0.25, 0.3) is 0 Å². The van der Waals surface area contributed by atoms with Gasteiger partial charge in [-0.2, -0.15) is 0 Å². The van der Waals surface area contributed by atoms with E-state index in [1.54, 1.807) is 6.07 Å². The van der Waals surface area contributed by atoms with E-state index in [1.165, 1.54) is 0 Å². The minimum atomic E-state index is 0.359. The molecule has 3 heteroatoms. The van der Waals surface area contributed by atoms with Crippen LogP contribution in [0.15, 0.2) is 18.2 Å². The van der Waals surface area contributed by atoms with Crippen LogP contribution in [0.25, 0.3) is 0 Å². The topological polar surface area (TPSA) is 20.2 Å². The second-order valence-corrected chi connectivity index (χ2v) is 3.64. The molecule has 54 valence electrons. The van der Waals surface area contributed by atoms with E-state index in [9.17, 15) is 5.11 Å². The molecule has 0 fully saturated rings. The predicted molar refractivity (Wildman–Crippen MR) is 53.5 cm³/mol. The van der Waals surface area contributed by atoms with Crippen LogP contribution in [0, 0.1) is 3.57 Å². The van der Waals surface area contributed by atoms with Gasteiger partial charge in [-0.15, -0.1) is 0 Å². The van der Waals surface area contributed by atoms with Crippen molar-refractivity contribution in [2.24, 2.45) is 0 Å². The van der Waals surface area contributed by atoms with Crippen molar-refractivity contribution in [1.29, 1.82) is 0 Å². The van der Waals surface area contributed by atoms with Gasteiger partial charge in [0.05, 0.1) is 3.57 Å². The third-order valence-corrected chi connectivity index (χ3v) is 2.72. The average Bonchev–Trinajstić information content (AvgIpc) is 1.95. The van der Waals surface area contributed by atoms with Crippen LogP contribution in [-0.2, 0) is 5.33 Å². The van der Waals surface area contributed by atoms with Crippen molar-refractivity contribution < 1.29 is 5.11 Å². The first-order valence-electron chi connectivity index (χ1n) is 2.77. The minimum absolute atomic E-state index is 0.359. The Hall–Kier alpha value is 0.230. The van der Waals surface area contributed by atoms with E-state index in [4.69, 9.17) is 0 Å². The summed E-state index contributed by atoms with van der Waals surface area (Å²) in [6.07, 6.45) is 0. The van der Waals surface area contributed by atoms with Gasteiger partial charge >= 0.3 is 0 Å². The normalized spacial score (nSPS) is 9.80. The zero-order valence-electron chi connectivity index (χ0n) is 5.14. The lowest BCUT2D eigenvalue weighted by atomic mass is 10.2. The molecule has 1 nitrogen and oxygen atoms in total. The molecule has 1 aromatic rings. The Kier molecular flexibility index (Phi) is 2.97. The molecule has 10 heavy (non-hydrogen) atoms. The third kappa shape index (κ3) is 1.85. The summed E-state index contributed by atoms with van der Waals surface area (Å²) in [5.41, 5.74) is 1.10. The largest absolute Gasteiger partial charge is 0.507 e. The summed E-state index contributed by atoms with van der Waals surface area (Å²) >= 11 is 5.39. The highest BCUT2D eigenvalue weighted by Gasteiger charge is 1.96. The maximum Gasteiger partial charge on any atom is 0.129 e. The van der Waals surface area contributed by atoms with Gasteiger partial charge in [0.2, 0.25) is 0 Å². The highest BCUT2D eigenvalue weighted by molar-refractivity contribution is 14.1. The number of halogens is 2. The van der Waals surface area contributed by atoms with Gasteiger partial charge in [-0.25, -0.2) is 0 Å². The number of rotatable bonds is 1. The maximum atomic E-state index is 9.20. The monoisotopic (exact) mass is 312 g/mol. The van der Waals surface area contributed by atoms with E-state index < -0.39 is 0 Å². The van der Waals surface area contributed by atoms with Crippen LogP contribution in [0.1, 0.15) is 5.56 Å². The van der Waals surface area contributed by atoms with Crippen LogP contribution >= 0.6 is 38.5 Å². The fourth-order valence-corrected chi connectivity index (χ4v) is 1.33. The van der Waals surface area contributed by atoms with Gasteiger partial charge in [-0.05, 0) is 40.3 Å². The molecule has 0 aliphatic carbocycles. The van der Waals surface area contributed by atoms with Crippen molar-refractivity contribution in [3.63, 3.8) is 0 Å². The number of hydrogen-bond donors (Lipinski definition) is 1. The van der Waals surface area contributed by atoms with Crippen molar-refractivity contribution in [2.75, 3.05) is 0 Å². The fraction of sp³-hybridized carbons (Fsp3) is 0.143. The summed E-state index contributed by atoms with van der Waals surface area (Å²) in [7, 11) is 0. The van der Waals surface area contributed by atoms with Crippen molar-refractivity contribution in [2.45, 2.75) is 5.33 Å². The molecule has 0 aliphatic heterocycles. The van der Waals surface area contributed by atoms with Gasteiger partial charge in [0.1, 0.15) is 5.75 Å². The second-order valence-electron chi connectivity index (χ2n) is 1.92. The molecule has 0 saturated heterocycles. The number of benzene rings is 1. The molecule has 0 radical (unpaired) electrons. The van der Waals surface area contributed by atoms with Crippen LogP contribution in [0.4, 0.5) is 0 Å². The van der Waals surface area contributed by atoms with Crippen molar-refractivity contribution in [3.05, 3.63) is 27.3 Å². The summed E-state index contributed by atoms with van der Waals surface area (Å²) in [5.74, 6) is 0.359. The van der Waals surface area contributed by atoms with Gasteiger partial charge in [-0.3, -0.25) is 0 Å². The summed E-state index contributed by atoms with van der Waals surface area (Å²) in [6.45, 7) is 0. The van der Waals surface area contributed by atoms with Gasteiger partial charge in [0.15, 0.2) is 0 Å². The first kappa shape index (κ1) is 8.33. The van der Waals surface area contributed by atoms with E-state index in [0.29, 0.717) is 5.75 Å². The quantitative estimate of drug-likeness (QED) is 0.624. The Morgan fingerprint density at radius 2 is 2.20 bits per heavy atom. The summed E-state index contributed by atoms with van der Waals surface area (Å²) in [5, 5.41) is 9.99. The molecule has 0 amide bonds. The molecule has 0 bridgehead atoms. The average molecular weight is 313 g/mol. The van der Waals surface area contributed by atoms with Crippen LogP contribution in [-0.4, -0.2) is 5.11 Å². The number of phenols is 1. The predicted octanol–water partition coefficient (Wildman–Crippen LogP) is 2.89. The lowest BCUT2D eigenvalue weighted by Crippen LogP contribution is -1.78. The first-order valence-corrected chi connectivity index (χ1v) is 4.97. The molecular formula is C7H6BrIO. The summed E-state index contributed by atoms with van der Waals surface area (Å²) in [6, 6.07) is 5.64. The number of alkyl halides is 1. The molecule has 0 aliphatic rings. The molecule has 0 saturated carbocycles. The Balaban J connectivity index is 3.04. The molecule has 0 aromatic heterocycles. The molecule has 1 N–H and O–H groups in total. The zero-order chi connectivity index (χ0) is 7.56. The van der Waals surface area contributed by atoms with Crippen molar-refractivity contribution in [1.82, 2.24) is 0 Å². The van der Waals surface area contributed by atoms with Gasteiger partial charge < -0.3 is 5.11 Å². The highest BCUT2D eigenvalue weighted by Crippen LogP contribution is 2.21. The van der Waals surface area contributed by atoms with Crippen molar-refractivity contribution in [3.8, 4) is 5.75 Å². The Labute approximate surface area is 81.7 Å². The standard InChI is InChI=1S/C7H6BrIO/c8-4-5-1-2-6(9)7(10)3-5/h1-3,10H,4H2. The molecule has 0 heterocycles. The van der Waals surface area contributed by atoms with Crippen molar-refractivity contribution >= 4 is 38.5 Å². The smallest absolute Gasteiger partial charge is 0.129 e. The number of hydrogen-bond acceptors (Lipinski definition) is 1. The Morgan fingerprint density at radius 3 is 2.70 bits per heavy atom. The van der Waals surface area contributed by atoms with Crippen LogP contribution in [0.3, 0.4) is 0 Å². The maximum absolute atomic E-state index is 9.20. The highest BCUT2D eigenvalue weighted by atomic mass is 127. The van der Waals surface area contributed by atoms with Crippen LogP contribution in [0.5, 0.6) is 5.75 Å². The SMILES string of the molecule is Oc1cc(CBr)ccc1I. The van der Waals surface area contributed by atoms with Gasteiger partial charge in [-0.1, -0.05) is 22.0 Å². The van der Waals surface area contributed by atoms with Gasteiger partial charge in [0, 0.05) is 5.33 Å².